The van der Waals surface area contributed by atoms with Gasteiger partial charge in [0.05, 0.1) is 0 Å². The highest BCUT2D eigenvalue weighted by Crippen LogP contribution is 2.00. The highest BCUT2D eigenvalue weighted by Gasteiger charge is 1.97. The molecule has 0 radical (unpaired) electrons. The maximum atomic E-state index is 4.60. The fourth-order valence-corrected chi connectivity index (χ4v) is 1.95. The van der Waals surface area contributed by atoms with Gasteiger partial charge in [-0.3, -0.25) is 4.99 Å². The normalized spacial score (nSPS) is 11.1. The summed E-state index contributed by atoms with van der Waals surface area (Å²) in [5.41, 5.74) is 0. The molecule has 0 aliphatic carbocycles. The van der Waals surface area contributed by atoms with Crippen molar-refractivity contribution in [2.75, 3.05) is 19.6 Å². The summed E-state index contributed by atoms with van der Waals surface area (Å²) in [4.78, 5) is 8.82. The van der Waals surface area contributed by atoms with E-state index in [2.05, 4.69) is 39.0 Å². The Kier molecular flexibility index (Phi) is 12.4. The predicted molar refractivity (Wildman–Crippen MR) is 101 cm³/mol. The van der Waals surface area contributed by atoms with Crippen LogP contribution in [0.25, 0.3) is 0 Å². The molecule has 1 aromatic rings. The molecule has 0 bridgehead atoms. The molecule has 21 heavy (non-hydrogen) atoms. The molecule has 0 amide bonds. The van der Waals surface area contributed by atoms with Crippen LogP contribution in [0, 0.1) is 6.92 Å². The van der Waals surface area contributed by atoms with Crippen LogP contribution in [-0.4, -0.2) is 35.1 Å². The van der Waals surface area contributed by atoms with Crippen molar-refractivity contribution in [3.05, 3.63) is 18.2 Å². The monoisotopic (exact) mass is 407 g/mol. The topological polar surface area (TPSA) is 54.2 Å². The van der Waals surface area contributed by atoms with Crippen LogP contribution in [0.2, 0.25) is 0 Å². The van der Waals surface area contributed by atoms with E-state index in [4.69, 9.17) is 0 Å². The second-order valence-electron chi connectivity index (χ2n) is 4.92. The number of imidazole rings is 1. The Morgan fingerprint density at radius 1 is 1.24 bits per heavy atom. The number of aliphatic imine (C=N–C) groups is 1. The first-order chi connectivity index (χ1) is 9.77. The van der Waals surface area contributed by atoms with Crippen molar-refractivity contribution in [2.45, 2.75) is 53.0 Å². The van der Waals surface area contributed by atoms with Crippen LogP contribution in [-0.2, 0) is 6.54 Å². The maximum absolute atomic E-state index is 4.60. The number of nitrogens with one attached hydrogen (secondary N) is 2. The second-order valence-corrected chi connectivity index (χ2v) is 4.92. The summed E-state index contributed by atoms with van der Waals surface area (Å²) in [5.74, 6) is 2.03. The van der Waals surface area contributed by atoms with Gasteiger partial charge in [-0.1, -0.05) is 13.3 Å². The second kappa shape index (κ2) is 12.9. The molecule has 6 heteroatoms. The van der Waals surface area contributed by atoms with Gasteiger partial charge in [-0.15, -0.1) is 24.0 Å². The quantitative estimate of drug-likeness (QED) is 0.287. The van der Waals surface area contributed by atoms with E-state index in [0.29, 0.717) is 0 Å². The maximum Gasteiger partial charge on any atom is 0.191 e. The fourth-order valence-electron chi connectivity index (χ4n) is 1.95. The Balaban J connectivity index is 0.00000400. The number of hydrogen-bond acceptors (Lipinski definition) is 2. The van der Waals surface area contributed by atoms with Crippen LogP contribution < -0.4 is 10.6 Å². The molecule has 0 saturated heterocycles. The minimum absolute atomic E-state index is 0. The molecule has 5 nitrogen and oxygen atoms in total. The van der Waals surface area contributed by atoms with Crippen LogP contribution in [0.15, 0.2) is 17.4 Å². The van der Waals surface area contributed by atoms with Gasteiger partial charge in [0, 0.05) is 38.6 Å². The Labute approximate surface area is 146 Å². The predicted octanol–water partition coefficient (Wildman–Crippen LogP) is 2.94. The van der Waals surface area contributed by atoms with Gasteiger partial charge in [0.2, 0.25) is 0 Å². The lowest BCUT2D eigenvalue weighted by Gasteiger charge is -2.10. The Hall–Kier alpha value is -0.790. The van der Waals surface area contributed by atoms with Gasteiger partial charge in [-0.25, -0.2) is 4.98 Å². The third-order valence-corrected chi connectivity index (χ3v) is 3.17. The van der Waals surface area contributed by atoms with Crippen LogP contribution in [0.1, 0.15) is 45.4 Å². The molecule has 1 rings (SSSR count). The summed E-state index contributed by atoms with van der Waals surface area (Å²) in [7, 11) is 0. The van der Waals surface area contributed by atoms with Gasteiger partial charge in [-0.2, -0.15) is 0 Å². The third-order valence-electron chi connectivity index (χ3n) is 3.17. The minimum atomic E-state index is 0. The fraction of sp³-hybridized carbons (Fsp3) is 0.733. The summed E-state index contributed by atoms with van der Waals surface area (Å²) < 4.78 is 2.19. The molecular weight excluding hydrogens is 377 g/mol. The molecule has 0 spiro atoms. The van der Waals surface area contributed by atoms with E-state index in [1.54, 1.807) is 0 Å². The highest BCUT2D eigenvalue weighted by atomic mass is 127. The number of unbranched alkanes of at least 4 members (excludes halogenated alkanes) is 2. The average molecular weight is 407 g/mol. The van der Waals surface area contributed by atoms with Crippen molar-refractivity contribution in [3.63, 3.8) is 0 Å². The average Bonchev–Trinajstić information content (AvgIpc) is 2.84. The summed E-state index contributed by atoms with van der Waals surface area (Å²) in [6, 6.07) is 0. The molecule has 2 N–H and O–H groups in total. The summed E-state index contributed by atoms with van der Waals surface area (Å²) in [6.45, 7) is 10.1. The first-order valence-corrected chi connectivity index (χ1v) is 7.77. The van der Waals surface area contributed by atoms with Crippen molar-refractivity contribution in [3.8, 4) is 0 Å². The van der Waals surface area contributed by atoms with Gasteiger partial charge in [0.25, 0.3) is 0 Å². The number of rotatable bonds is 9. The number of guanidine groups is 1. The first-order valence-electron chi connectivity index (χ1n) is 7.77. The molecule has 0 saturated carbocycles. The number of aryl methyl sites for hydroxylation is 2. The molecule has 0 unspecified atom stereocenters. The van der Waals surface area contributed by atoms with Crippen LogP contribution in [0.5, 0.6) is 0 Å². The number of hydrogen-bond donors (Lipinski definition) is 2. The van der Waals surface area contributed by atoms with Gasteiger partial charge in [0.1, 0.15) is 5.82 Å². The van der Waals surface area contributed by atoms with Crippen molar-refractivity contribution in [2.24, 2.45) is 4.99 Å². The molecule has 122 valence electrons. The smallest absolute Gasteiger partial charge is 0.191 e. The van der Waals surface area contributed by atoms with Crippen molar-refractivity contribution < 1.29 is 0 Å². The van der Waals surface area contributed by atoms with E-state index in [9.17, 15) is 0 Å². The van der Waals surface area contributed by atoms with Crippen molar-refractivity contribution in [1.82, 2.24) is 20.2 Å². The zero-order chi connectivity index (χ0) is 14.6. The summed E-state index contributed by atoms with van der Waals surface area (Å²) in [5, 5.41) is 6.64. The van der Waals surface area contributed by atoms with Gasteiger partial charge < -0.3 is 15.2 Å². The zero-order valence-electron chi connectivity index (χ0n) is 13.6. The standard InChI is InChI=1S/C15H29N5.HI/c1-4-6-9-18-15(16-5-2)19-10-7-8-12-20-13-11-17-14(20)3;/h11,13H,4-10,12H2,1-3H3,(H2,16,18,19);1H. The van der Waals surface area contributed by atoms with E-state index < -0.39 is 0 Å². The molecule has 0 fully saturated rings. The first kappa shape index (κ1) is 20.2. The molecule has 0 aliphatic rings. The molecule has 0 aliphatic heterocycles. The highest BCUT2D eigenvalue weighted by molar-refractivity contribution is 14.0. The summed E-state index contributed by atoms with van der Waals surface area (Å²) in [6.07, 6.45) is 8.52. The van der Waals surface area contributed by atoms with Gasteiger partial charge in [-0.05, 0) is 33.1 Å². The number of aromatic nitrogens is 2. The molecule has 1 heterocycles. The molecule has 0 atom stereocenters. The Morgan fingerprint density at radius 3 is 2.67 bits per heavy atom. The molecule has 1 aromatic heterocycles. The molecule has 0 aromatic carbocycles. The van der Waals surface area contributed by atoms with Crippen molar-refractivity contribution >= 4 is 29.9 Å². The lowest BCUT2D eigenvalue weighted by atomic mass is 10.3. The van der Waals surface area contributed by atoms with Crippen LogP contribution in [0.4, 0.5) is 0 Å². The van der Waals surface area contributed by atoms with Crippen molar-refractivity contribution in [1.29, 1.82) is 0 Å². The summed E-state index contributed by atoms with van der Waals surface area (Å²) >= 11 is 0. The van der Waals surface area contributed by atoms with E-state index in [1.165, 1.54) is 12.8 Å². The van der Waals surface area contributed by atoms with E-state index >= 15 is 0 Å². The Bertz CT molecular complexity index is 389. The van der Waals surface area contributed by atoms with E-state index in [0.717, 1.165) is 50.8 Å². The minimum Gasteiger partial charge on any atom is -0.357 e. The van der Waals surface area contributed by atoms with E-state index in [-0.39, 0.29) is 24.0 Å². The lowest BCUT2D eigenvalue weighted by Crippen LogP contribution is -2.37. The Morgan fingerprint density at radius 2 is 2.05 bits per heavy atom. The van der Waals surface area contributed by atoms with Gasteiger partial charge >= 0.3 is 0 Å². The van der Waals surface area contributed by atoms with Crippen LogP contribution >= 0.6 is 24.0 Å². The zero-order valence-corrected chi connectivity index (χ0v) is 15.9. The van der Waals surface area contributed by atoms with E-state index in [1.807, 2.05) is 19.3 Å². The van der Waals surface area contributed by atoms with Gasteiger partial charge in [0.15, 0.2) is 5.96 Å². The third kappa shape index (κ3) is 8.95. The van der Waals surface area contributed by atoms with Crippen LogP contribution in [0.3, 0.4) is 0 Å². The molecular formula is C15H30IN5. The SMILES string of the molecule is CCCCNC(=NCCCCn1ccnc1C)NCC.I. The number of nitrogens with zero attached hydrogens (tertiary/aromatic N) is 3. The number of halogens is 1. The largest absolute Gasteiger partial charge is 0.357 e. The lowest BCUT2D eigenvalue weighted by molar-refractivity contribution is 0.600.